The number of likely N-dealkylation sites (N-methyl/N-ethyl adjacent to an activating group) is 1. The Morgan fingerprint density at radius 3 is 2.61 bits per heavy atom. The Labute approximate surface area is 142 Å². The molecular formula is C17H25N3O2S. The van der Waals surface area contributed by atoms with E-state index in [4.69, 9.17) is 0 Å². The highest BCUT2D eigenvalue weighted by atomic mass is 32.2. The molecule has 0 fully saturated rings. The molecule has 1 aliphatic rings. The molecule has 1 aliphatic heterocycles. The highest BCUT2D eigenvalue weighted by molar-refractivity contribution is 8.02. The normalized spacial score (nSPS) is 20.6. The quantitative estimate of drug-likeness (QED) is 0.808. The Morgan fingerprint density at radius 1 is 1.30 bits per heavy atom. The van der Waals surface area contributed by atoms with Crippen molar-refractivity contribution in [2.45, 2.75) is 30.4 Å². The number of hydrogen-bond donors (Lipinski definition) is 1. The second kappa shape index (κ2) is 7.36. The molecule has 1 aromatic carbocycles. The monoisotopic (exact) mass is 335 g/mol. The standard InChI is InChI=1S/C17H25N3O2S/c1-5-20(6-2)12-11-18-15(21)17(3)16(22)19(4)13-9-7-8-10-14(13)23-17/h7-10H,5-6,11-12H2,1-4H3,(H,18,21). The van der Waals surface area contributed by atoms with Crippen LogP contribution in [0.15, 0.2) is 29.2 Å². The molecule has 23 heavy (non-hydrogen) atoms. The molecule has 1 atom stereocenters. The molecule has 0 aromatic heterocycles. The van der Waals surface area contributed by atoms with Gasteiger partial charge in [0.15, 0.2) is 4.75 Å². The van der Waals surface area contributed by atoms with Gasteiger partial charge in [-0.15, -0.1) is 0 Å². The molecule has 0 spiro atoms. The first-order valence-corrected chi connectivity index (χ1v) is 8.82. The SMILES string of the molecule is CCN(CC)CCNC(=O)C1(C)Sc2ccccc2N(C)C1=O. The summed E-state index contributed by atoms with van der Waals surface area (Å²) in [5.41, 5.74) is 0.857. The Kier molecular flexibility index (Phi) is 5.70. The van der Waals surface area contributed by atoms with Crippen LogP contribution in [0.5, 0.6) is 0 Å². The second-order valence-electron chi connectivity index (χ2n) is 5.75. The van der Waals surface area contributed by atoms with Crippen molar-refractivity contribution in [3.05, 3.63) is 24.3 Å². The summed E-state index contributed by atoms with van der Waals surface area (Å²) in [5.74, 6) is -0.400. The van der Waals surface area contributed by atoms with Crippen LogP contribution in [0, 0.1) is 0 Å². The fourth-order valence-corrected chi connectivity index (χ4v) is 3.98. The summed E-state index contributed by atoms with van der Waals surface area (Å²) in [5, 5.41) is 2.92. The molecule has 126 valence electrons. The van der Waals surface area contributed by atoms with Crippen LogP contribution >= 0.6 is 11.8 Å². The number of hydrogen-bond acceptors (Lipinski definition) is 4. The fourth-order valence-electron chi connectivity index (χ4n) is 2.69. The number of carbonyl (C=O) groups excluding carboxylic acids is 2. The fraction of sp³-hybridized carbons (Fsp3) is 0.529. The van der Waals surface area contributed by atoms with Gasteiger partial charge in [0.1, 0.15) is 0 Å². The van der Waals surface area contributed by atoms with E-state index in [2.05, 4.69) is 24.1 Å². The number of amides is 2. The number of nitrogens with one attached hydrogen (secondary N) is 1. The van der Waals surface area contributed by atoms with Crippen LogP contribution in [0.4, 0.5) is 5.69 Å². The van der Waals surface area contributed by atoms with Gasteiger partial charge in [-0.3, -0.25) is 9.59 Å². The van der Waals surface area contributed by atoms with Gasteiger partial charge < -0.3 is 15.1 Å². The lowest BCUT2D eigenvalue weighted by molar-refractivity contribution is -0.131. The average molecular weight is 335 g/mol. The molecule has 1 N–H and O–H groups in total. The summed E-state index contributed by atoms with van der Waals surface area (Å²) in [6.45, 7) is 9.15. The highest BCUT2D eigenvalue weighted by Gasteiger charge is 2.48. The Morgan fingerprint density at radius 2 is 1.96 bits per heavy atom. The number of benzene rings is 1. The maximum absolute atomic E-state index is 12.7. The molecule has 2 rings (SSSR count). The molecule has 5 nitrogen and oxygen atoms in total. The molecule has 2 amide bonds. The van der Waals surface area contributed by atoms with E-state index in [-0.39, 0.29) is 11.8 Å². The summed E-state index contributed by atoms with van der Waals surface area (Å²) in [6, 6.07) is 7.67. The van der Waals surface area contributed by atoms with Gasteiger partial charge in [0.05, 0.1) is 5.69 Å². The zero-order valence-electron chi connectivity index (χ0n) is 14.3. The lowest BCUT2D eigenvalue weighted by Crippen LogP contribution is -2.56. The molecule has 6 heteroatoms. The van der Waals surface area contributed by atoms with E-state index in [9.17, 15) is 9.59 Å². The summed E-state index contributed by atoms with van der Waals surface area (Å²) in [6.07, 6.45) is 0. The topological polar surface area (TPSA) is 52.7 Å². The molecule has 1 aromatic rings. The van der Waals surface area contributed by atoms with Crippen molar-refractivity contribution in [3.8, 4) is 0 Å². The van der Waals surface area contributed by atoms with Crippen molar-refractivity contribution in [3.63, 3.8) is 0 Å². The number of anilines is 1. The van der Waals surface area contributed by atoms with E-state index < -0.39 is 4.75 Å². The first-order chi connectivity index (χ1) is 10.9. The third-order valence-electron chi connectivity index (χ3n) is 4.29. The minimum Gasteiger partial charge on any atom is -0.353 e. The minimum atomic E-state index is -1.12. The van der Waals surface area contributed by atoms with Crippen LogP contribution in [0.2, 0.25) is 0 Å². The van der Waals surface area contributed by atoms with Crippen LogP contribution in [0.25, 0.3) is 0 Å². The molecule has 1 heterocycles. The van der Waals surface area contributed by atoms with Crippen molar-refractivity contribution in [1.82, 2.24) is 10.2 Å². The molecule has 0 saturated carbocycles. The zero-order valence-corrected chi connectivity index (χ0v) is 15.1. The zero-order chi connectivity index (χ0) is 17.0. The lowest BCUT2D eigenvalue weighted by atomic mass is 10.1. The third kappa shape index (κ3) is 3.53. The first kappa shape index (κ1) is 17.8. The molecular weight excluding hydrogens is 310 g/mol. The van der Waals surface area contributed by atoms with E-state index in [0.717, 1.165) is 30.2 Å². The van der Waals surface area contributed by atoms with Gasteiger partial charge >= 0.3 is 0 Å². The van der Waals surface area contributed by atoms with Crippen LogP contribution < -0.4 is 10.2 Å². The maximum Gasteiger partial charge on any atom is 0.252 e. The van der Waals surface area contributed by atoms with Gasteiger partial charge in [0.25, 0.3) is 5.91 Å². The van der Waals surface area contributed by atoms with Gasteiger partial charge in [-0.2, -0.15) is 0 Å². The van der Waals surface area contributed by atoms with Crippen molar-refractivity contribution in [1.29, 1.82) is 0 Å². The van der Waals surface area contributed by atoms with E-state index in [0.29, 0.717) is 6.54 Å². The lowest BCUT2D eigenvalue weighted by Gasteiger charge is -2.37. The van der Waals surface area contributed by atoms with Gasteiger partial charge in [-0.25, -0.2) is 0 Å². The van der Waals surface area contributed by atoms with Crippen LogP contribution in [0.3, 0.4) is 0 Å². The Balaban J connectivity index is 2.09. The van der Waals surface area contributed by atoms with E-state index >= 15 is 0 Å². The number of rotatable bonds is 6. The predicted molar refractivity (Wildman–Crippen MR) is 94.9 cm³/mol. The van der Waals surface area contributed by atoms with E-state index in [1.807, 2.05) is 24.3 Å². The van der Waals surface area contributed by atoms with Gasteiger partial charge in [0.2, 0.25) is 5.91 Å². The number of fused-ring (bicyclic) bond motifs is 1. The maximum atomic E-state index is 12.7. The summed E-state index contributed by atoms with van der Waals surface area (Å²) in [7, 11) is 1.72. The number of para-hydroxylation sites is 1. The molecule has 0 aliphatic carbocycles. The third-order valence-corrected chi connectivity index (χ3v) is 5.63. The van der Waals surface area contributed by atoms with Crippen molar-refractivity contribution in [2.75, 3.05) is 38.1 Å². The summed E-state index contributed by atoms with van der Waals surface area (Å²) < 4.78 is -1.12. The van der Waals surface area contributed by atoms with Gasteiger partial charge in [0, 0.05) is 25.0 Å². The van der Waals surface area contributed by atoms with Crippen LogP contribution in [0.1, 0.15) is 20.8 Å². The van der Waals surface area contributed by atoms with Crippen LogP contribution in [-0.2, 0) is 9.59 Å². The molecule has 0 bridgehead atoms. The van der Waals surface area contributed by atoms with Crippen molar-refractivity contribution < 1.29 is 9.59 Å². The Hall–Kier alpha value is -1.53. The number of nitrogens with zero attached hydrogens (tertiary/aromatic N) is 2. The van der Waals surface area contributed by atoms with Crippen LogP contribution in [-0.4, -0.2) is 54.7 Å². The highest BCUT2D eigenvalue weighted by Crippen LogP contribution is 2.44. The molecule has 0 saturated heterocycles. The second-order valence-corrected chi connectivity index (χ2v) is 7.21. The largest absolute Gasteiger partial charge is 0.353 e. The van der Waals surface area contributed by atoms with Crippen molar-refractivity contribution >= 4 is 29.3 Å². The average Bonchev–Trinajstić information content (AvgIpc) is 2.56. The molecule has 1 unspecified atom stereocenters. The molecule has 0 radical (unpaired) electrons. The summed E-state index contributed by atoms with van der Waals surface area (Å²) >= 11 is 1.33. The predicted octanol–water partition coefficient (Wildman–Crippen LogP) is 1.97. The van der Waals surface area contributed by atoms with E-state index in [1.54, 1.807) is 18.9 Å². The first-order valence-electron chi connectivity index (χ1n) is 8.00. The smallest absolute Gasteiger partial charge is 0.252 e. The van der Waals surface area contributed by atoms with Crippen molar-refractivity contribution in [2.24, 2.45) is 0 Å². The van der Waals surface area contributed by atoms with E-state index in [1.165, 1.54) is 11.8 Å². The van der Waals surface area contributed by atoms with Gasteiger partial charge in [-0.1, -0.05) is 37.7 Å². The number of carbonyl (C=O) groups is 2. The minimum absolute atomic E-state index is 0.179. The Bertz CT molecular complexity index is 589. The number of thioether (sulfide) groups is 1. The summed E-state index contributed by atoms with van der Waals surface area (Å²) in [4.78, 5) is 30.1. The van der Waals surface area contributed by atoms with Gasteiger partial charge in [-0.05, 0) is 32.1 Å².